The highest BCUT2D eigenvalue weighted by atomic mass is 16.7. The molecule has 2 aromatic carbocycles. The zero-order valence-corrected chi connectivity index (χ0v) is 15.3. The van der Waals surface area contributed by atoms with E-state index in [2.05, 4.69) is 16.5 Å². The molecule has 2 aliphatic heterocycles. The third kappa shape index (κ3) is 2.85. The molecule has 1 aromatic heterocycles. The minimum Gasteiger partial charge on any atom is -0.496 e. The number of aromatic nitrogens is 2. The number of carbonyl (C=O) groups excluding carboxylic acids is 1. The van der Waals surface area contributed by atoms with E-state index in [0.717, 1.165) is 28.1 Å². The Morgan fingerprint density at radius 3 is 2.89 bits per heavy atom. The third-order valence-corrected chi connectivity index (χ3v) is 5.18. The van der Waals surface area contributed by atoms with Crippen molar-refractivity contribution >= 4 is 11.6 Å². The van der Waals surface area contributed by atoms with E-state index in [9.17, 15) is 4.79 Å². The minimum atomic E-state index is -0.0690. The van der Waals surface area contributed by atoms with E-state index in [-0.39, 0.29) is 18.6 Å². The van der Waals surface area contributed by atoms with Gasteiger partial charge in [-0.1, -0.05) is 6.07 Å². The van der Waals surface area contributed by atoms with Crippen LogP contribution in [0.2, 0.25) is 0 Å². The summed E-state index contributed by atoms with van der Waals surface area (Å²) in [5.41, 5.74) is 3.86. The molecule has 2 aliphatic rings. The second-order valence-electron chi connectivity index (χ2n) is 6.87. The van der Waals surface area contributed by atoms with Gasteiger partial charge in [-0.25, -0.2) is 0 Å². The summed E-state index contributed by atoms with van der Waals surface area (Å²) in [6, 6.07) is 11.8. The lowest BCUT2D eigenvalue weighted by atomic mass is 9.84. The van der Waals surface area contributed by atoms with Crippen molar-refractivity contribution in [1.29, 1.82) is 0 Å². The number of methoxy groups -OCH3 is 1. The Labute approximate surface area is 161 Å². The number of hydrogen-bond donors (Lipinski definition) is 1. The average molecular weight is 377 g/mol. The number of hydrogen-bond acceptors (Lipinski definition) is 5. The van der Waals surface area contributed by atoms with Crippen molar-refractivity contribution in [3.63, 3.8) is 0 Å². The van der Waals surface area contributed by atoms with Crippen molar-refractivity contribution in [3.05, 3.63) is 65.5 Å². The molecule has 5 rings (SSSR count). The van der Waals surface area contributed by atoms with E-state index in [1.165, 1.54) is 0 Å². The first kappa shape index (κ1) is 16.7. The molecule has 3 aromatic rings. The van der Waals surface area contributed by atoms with Crippen LogP contribution in [-0.2, 0) is 11.3 Å². The fraction of sp³-hybridized carbons (Fsp3) is 0.238. The van der Waals surface area contributed by atoms with E-state index >= 15 is 0 Å². The normalized spacial score (nSPS) is 17.2. The van der Waals surface area contributed by atoms with Gasteiger partial charge in [0.25, 0.3) is 0 Å². The molecule has 1 amide bonds. The highest BCUT2D eigenvalue weighted by Crippen LogP contribution is 2.45. The van der Waals surface area contributed by atoms with Gasteiger partial charge >= 0.3 is 0 Å². The maximum absolute atomic E-state index is 12.4. The average Bonchev–Trinajstić information content (AvgIpc) is 3.37. The summed E-state index contributed by atoms with van der Waals surface area (Å²) in [6.07, 6.45) is 4.04. The van der Waals surface area contributed by atoms with Crippen molar-refractivity contribution in [3.8, 4) is 17.2 Å². The Bertz CT molecular complexity index is 1050. The smallest absolute Gasteiger partial charge is 0.231 e. The molecule has 0 saturated heterocycles. The molecule has 7 heteroatoms. The van der Waals surface area contributed by atoms with Crippen molar-refractivity contribution in [2.75, 3.05) is 19.2 Å². The van der Waals surface area contributed by atoms with Gasteiger partial charge < -0.3 is 19.5 Å². The van der Waals surface area contributed by atoms with Crippen LogP contribution >= 0.6 is 0 Å². The van der Waals surface area contributed by atoms with Crippen LogP contribution in [0.5, 0.6) is 17.2 Å². The minimum absolute atomic E-state index is 0.0131. The topological polar surface area (TPSA) is 74.6 Å². The van der Waals surface area contributed by atoms with Crippen LogP contribution in [0.25, 0.3) is 0 Å². The molecule has 1 atom stereocenters. The number of carbonyl (C=O) groups is 1. The summed E-state index contributed by atoms with van der Waals surface area (Å²) in [5, 5.41) is 7.23. The number of nitrogens with one attached hydrogen (secondary N) is 1. The number of ether oxygens (including phenoxy) is 3. The van der Waals surface area contributed by atoms with E-state index in [1.807, 2.05) is 41.2 Å². The first-order chi connectivity index (χ1) is 13.7. The number of anilines is 1. The third-order valence-electron chi connectivity index (χ3n) is 5.18. The molecule has 0 spiro atoms. The van der Waals surface area contributed by atoms with Gasteiger partial charge in [0.2, 0.25) is 12.7 Å². The number of amides is 1. The monoisotopic (exact) mass is 377 g/mol. The fourth-order valence-corrected chi connectivity index (χ4v) is 3.86. The zero-order chi connectivity index (χ0) is 19.1. The molecule has 0 radical (unpaired) electrons. The summed E-state index contributed by atoms with van der Waals surface area (Å²) in [4.78, 5) is 12.4. The Morgan fingerprint density at radius 1 is 1.25 bits per heavy atom. The van der Waals surface area contributed by atoms with Gasteiger partial charge in [0.1, 0.15) is 5.75 Å². The first-order valence-corrected chi connectivity index (χ1v) is 9.09. The van der Waals surface area contributed by atoms with Crippen LogP contribution in [0.15, 0.2) is 48.8 Å². The number of fused-ring (bicyclic) bond motifs is 2. The van der Waals surface area contributed by atoms with Gasteiger partial charge in [-0.2, -0.15) is 5.10 Å². The Morgan fingerprint density at radius 2 is 2.11 bits per heavy atom. The molecule has 1 unspecified atom stereocenters. The van der Waals surface area contributed by atoms with Crippen molar-refractivity contribution in [1.82, 2.24) is 9.78 Å². The highest BCUT2D eigenvalue weighted by molar-refractivity contribution is 5.96. The zero-order valence-electron chi connectivity index (χ0n) is 15.3. The van der Waals surface area contributed by atoms with Gasteiger partial charge in [-0.15, -0.1) is 0 Å². The lowest BCUT2D eigenvalue weighted by molar-refractivity contribution is -0.116. The van der Waals surface area contributed by atoms with Crippen LogP contribution in [0.4, 0.5) is 5.69 Å². The van der Waals surface area contributed by atoms with Gasteiger partial charge in [-0.3, -0.25) is 9.48 Å². The maximum atomic E-state index is 12.4. The van der Waals surface area contributed by atoms with Crippen LogP contribution < -0.4 is 19.5 Å². The Balaban J connectivity index is 1.57. The highest BCUT2D eigenvalue weighted by Gasteiger charge is 2.30. The molecule has 0 saturated carbocycles. The lowest BCUT2D eigenvalue weighted by Crippen LogP contribution is -2.23. The largest absolute Gasteiger partial charge is 0.496 e. The summed E-state index contributed by atoms with van der Waals surface area (Å²) in [5.74, 6) is 2.09. The van der Waals surface area contributed by atoms with Crippen LogP contribution in [0.1, 0.15) is 29.0 Å². The van der Waals surface area contributed by atoms with Crippen LogP contribution in [0, 0.1) is 0 Å². The van der Waals surface area contributed by atoms with E-state index in [1.54, 1.807) is 13.3 Å². The van der Waals surface area contributed by atoms with Crippen LogP contribution in [-0.4, -0.2) is 29.6 Å². The number of nitrogens with zero attached hydrogens (tertiary/aromatic N) is 2. The second kappa shape index (κ2) is 6.60. The molecule has 0 bridgehead atoms. The molecule has 1 N–H and O–H groups in total. The predicted octanol–water partition coefficient (Wildman–Crippen LogP) is 3.14. The SMILES string of the molecule is COc1ccc(C2CC(=O)Nc3cc4c(cc32)OCO4)cc1Cn1cccn1. The summed E-state index contributed by atoms with van der Waals surface area (Å²) in [7, 11) is 1.66. The van der Waals surface area contributed by atoms with E-state index in [0.29, 0.717) is 24.5 Å². The molecule has 0 aliphatic carbocycles. The van der Waals surface area contributed by atoms with Crippen molar-refractivity contribution < 1.29 is 19.0 Å². The van der Waals surface area contributed by atoms with Gasteiger partial charge in [0, 0.05) is 42.0 Å². The maximum Gasteiger partial charge on any atom is 0.231 e. The van der Waals surface area contributed by atoms with Gasteiger partial charge in [0.15, 0.2) is 11.5 Å². The van der Waals surface area contributed by atoms with Crippen molar-refractivity contribution in [2.45, 2.75) is 18.9 Å². The fourth-order valence-electron chi connectivity index (χ4n) is 3.86. The molecule has 0 fully saturated rings. The van der Waals surface area contributed by atoms with Gasteiger partial charge in [-0.05, 0) is 35.4 Å². The number of benzene rings is 2. The Hall–Kier alpha value is -3.48. The molecule has 28 heavy (non-hydrogen) atoms. The van der Waals surface area contributed by atoms with Crippen molar-refractivity contribution in [2.24, 2.45) is 0 Å². The summed E-state index contributed by atoms with van der Waals surface area (Å²) >= 11 is 0. The summed E-state index contributed by atoms with van der Waals surface area (Å²) in [6.45, 7) is 0.796. The second-order valence-corrected chi connectivity index (χ2v) is 6.87. The van der Waals surface area contributed by atoms with E-state index in [4.69, 9.17) is 14.2 Å². The van der Waals surface area contributed by atoms with E-state index < -0.39 is 0 Å². The van der Waals surface area contributed by atoms with Crippen LogP contribution in [0.3, 0.4) is 0 Å². The molecular weight excluding hydrogens is 358 g/mol. The first-order valence-electron chi connectivity index (χ1n) is 9.09. The number of rotatable bonds is 4. The summed E-state index contributed by atoms with van der Waals surface area (Å²) < 4.78 is 18.4. The molecule has 3 heterocycles. The molecular formula is C21H19N3O4. The van der Waals surface area contributed by atoms with Gasteiger partial charge in [0.05, 0.1) is 13.7 Å². The predicted molar refractivity (Wildman–Crippen MR) is 102 cm³/mol. The standard InChI is InChI=1S/C21H19N3O4/c1-26-18-4-3-13(7-14(18)11-24-6-2-5-22-24)15-9-21(25)23-17-10-20-19(8-16(15)17)27-12-28-20/h2-8,10,15H,9,11-12H2,1H3,(H,23,25). The Kier molecular flexibility index (Phi) is 3.93. The quantitative estimate of drug-likeness (QED) is 0.756. The lowest BCUT2D eigenvalue weighted by Gasteiger charge is -2.27. The molecule has 142 valence electrons. The molecule has 7 nitrogen and oxygen atoms in total.